The van der Waals surface area contributed by atoms with Gasteiger partial charge in [0.1, 0.15) is 0 Å². The fourth-order valence-electron chi connectivity index (χ4n) is 1.86. The average Bonchev–Trinajstić information content (AvgIpc) is 2.05. The van der Waals surface area contributed by atoms with Crippen LogP contribution in [0.15, 0.2) is 0 Å². The Balaban J connectivity index is 4.10. The van der Waals surface area contributed by atoms with E-state index in [9.17, 15) is 10.2 Å². The third-order valence-corrected chi connectivity index (χ3v) is 2.75. The molecule has 0 bridgehead atoms. The summed E-state index contributed by atoms with van der Waals surface area (Å²) in [6.07, 6.45) is 1.46. The second-order valence-electron chi connectivity index (χ2n) is 4.16. The van der Waals surface area contributed by atoms with Gasteiger partial charge in [0, 0.05) is 0 Å². The van der Waals surface area contributed by atoms with Gasteiger partial charge in [0.15, 0.2) is 0 Å². The van der Waals surface area contributed by atoms with Crippen LogP contribution in [0.3, 0.4) is 0 Å². The molecular weight excluding hydrogens is 164 g/mol. The third-order valence-electron chi connectivity index (χ3n) is 2.75. The van der Waals surface area contributed by atoms with E-state index in [0.29, 0.717) is 12.3 Å². The van der Waals surface area contributed by atoms with E-state index in [1.165, 1.54) is 0 Å². The molecule has 0 aliphatic carbocycles. The van der Waals surface area contributed by atoms with Gasteiger partial charge in [-0.15, -0.1) is 0 Å². The van der Waals surface area contributed by atoms with Crippen LogP contribution in [0.1, 0.15) is 47.0 Å². The Morgan fingerprint density at radius 2 is 1.62 bits per heavy atom. The highest BCUT2D eigenvalue weighted by Crippen LogP contribution is 2.22. The van der Waals surface area contributed by atoms with E-state index in [-0.39, 0.29) is 5.92 Å². The number of rotatable bonds is 6. The maximum absolute atomic E-state index is 9.83. The van der Waals surface area contributed by atoms with E-state index in [4.69, 9.17) is 0 Å². The van der Waals surface area contributed by atoms with Crippen LogP contribution in [0.2, 0.25) is 0 Å². The first kappa shape index (κ1) is 12.9. The Morgan fingerprint density at radius 1 is 1.08 bits per heavy atom. The summed E-state index contributed by atoms with van der Waals surface area (Å²) < 4.78 is 0. The van der Waals surface area contributed by atoms with Crippen LogP contribution in [-0.4, -0.2) is 22.4 Å². The predicted molar refractivity (Wildman–Crippen MR) is 55.5 cm³/mol. The molecule has 0 aromatic carbocycles. The van der Waals surface area contributed by atoms with Crippen LogP contribution in [-0.2, 0) is 0 Å². The summed E-state index contributed by atoms with van der Waals surface area (Å²) in [5, 5.41) is 19.4. The van der Waals surface area contributed by atoms with E-state index in [0.717, 1.165) is 12.8 Å². The molecule has 0 radical (unpaired) electrons. The normalized spacial score (nSPS) is 18.7. The Labute approximate surface area is 82.0 Å². The lowest BCUT2D eigenvalue weighted by atomic mass is 9.84. The molecule has 0 saturated carbocycles. The molecule has 0 heterocycles. The molecule has 13 heavy (non-hydrogen) atoms. The Hall–Kier alpha value is -0.0800. The van der Waals surface area contributed by atoms with Crippen molar-refractivity contribution in [2.75, 3.05) is 0 Å². The van der Waals surface area contributed by atoms with Gasteiger partial charge in [-0.25, -0.2) is 0 Å². The van der Waals surface area contributed by atoms with Crippen molar-refractivity contribution in [1.82, 2.24) is 0 Å². The SMILES string of the molecule is CCCC(O)C(O)C(CC)C(C)C. The second kappa shape index (κ2) is 6.39. The van der Waals surface area contributed by atoms with Gasteiger partial charge >= 0.3 is 0 Å². The third kappa shape index (κ3) is 4.10. The molecule has 0 aliphatic heterocycles. The lowest BCUT2D eigenvalue weighted by Crippen LogP contribution is -2.35. The van der Waals surface area contributed by atoms with Crippen LogP contribution < -0.4 is 0 Å². The maximum Gasteiger partial charge on any atom is 0.0829 e. The van der Waals surface area contributed by atoms with E-state index < -0.39 is 12.2 Å². The number of hydrogen-bond donors (Lipinski definition) is 2. The zero-order chi connectivity index (χ0) is 10.4. The standard InChI is InChI=1S/C11H24O2/c1-5-7-10(12)11(13)9(6-2)8(3)4/h8-13H,5-7H2,1-4H3. The van der Waals surface area contributed by atoms with Gasteiger partial charge < -0.3 is 10.2 Å². The zero-order valence-electron chi connectivity index (χ0n) is 9.33. The number of hydrogen-bond acceptors (Lipinski definition) is 2. The smallest absolute Gasteiger partial charge is 0.0829 e. The molecule has 0 aliphatic rings. The highest BCUT2D eigenvalue weighted by atomic mass is 16.3. The van der Waals surface area contributed by atoms with Gasteiger partial charge in [-0.2, -0.15) is 0 Å². The Bertz CT molecular complexity index is 123. The molecule has 3 unspecified atom stereocenters. The van der Waals surface area contributed by atoms with Crippen LogP contribution in [0, 0.1) is 11.8 Å². The van der Waals surface area contributed by atoms with Gasteiger partial charge in [-0.05, 0) is 18.3 Å². The molecule has 0 fully saturated rings. The van der Waals surface area contributed by atoms with Crippen molar-refractivity contribution in [3.63, 3.8) is 0 Å². The van der Waals surface area contributed by atoms with E-state index in [1.807, 2.05) is 6.92 Å². The molecule has 2 heteroatoms. The van der Waals surface area contributed by atoms with Crippen molar-refractivity contribution < 1.29 is 10.2 Å². The van der Waals surface area contributed by atoms with E-state index in [2.05, 4.69) is 20.8 Å². The second-order valence-corrected chi connectivity index (χ2v) is 4.16. The topological polar surface area (TPSA) is 40.5 Å². The summed E-state index contributed by atoms with van der Waals surface area (Å²) in [7, 11) is 0. The minimum atomic E-state index is -0.551. The Morgan fingerprint density at radius 3 is 1.92 bits per heavy atom. The number of aliphatic hydroxyl groups excluding tert-OH is 2. The summed E-state index contributed by atoms with van der Waals surface area (Å²) in [6, 6.07) is 0. The predicted octanol–water partition coefficient (Wildman–Crippen LogP) is 2.19. The highest BCUT2D eigenvalue weighted by molar-refractivity contribution is 4.76. The summed E-state index contributed by atoms with van der Waals surface area (Å²) in [5.74, 6) is 0.660. The molecule has 2 N–H and O–H groups in total. The minimum Gasteiger partial charge on any atom is -0.390 e. The molecule has 0 amide bonds. The van der Waals surface area contributed by atoms with Gasteiger partial charge in [-0.1, -0.05) is 40.5 Å². The molecule has 80 valence electrons. The van der Waals surface area contributed by atoms with Crippen LogP contribution in [0.5, 0.6) is 0 Å². The first-order valence-electron chi connectivity index (χ1n) is 5.40. The summed E-state index contributed by atoms with van der Waals surface area (Å²) in [5.41, 5.74) is 0. The first-order valence-corrected chi connectivity index (χ1v) is 5.40. The molecule has 3 atom stereocenters. The molecule has 0 aromatic heterocycles. The Kier molecular flexibility index (Phi) is 6.35. The molecule has 0 spiro atoms. The van der Waals surface area contributed by atoms with E-state index >= 15 is 0 Å². The lowest BCUT2D eigenvalue weighted by Gasteiger charge is -2.28. The van der Waals surface area contributed by atoms with Gasteiger partial charge in [0.25, 0.3) is 0 Å². The highest BCUT2D eigenvalue weighted by Gasteiger charge is 2.26. The van der Waals surface area contributed by atoms with Gasteiger partial charge in [-0.3, -0.25) is 0 Å². The molecule has 2 nitrogen and oxygen atoms in total. The summed E-state index contributed by atoms with van der Waals surface area (Å²) in [6.45, 7) is 8.27. The number of aliphatic hydroxyl groups is 2. The molecular formula is C11H24O2. The van der Waals surface area contributed by atoms with Crippen molar-refractivity contribution >= 4 is 0 Å². The van der Waals surface area contributed by atoms with Crippen LogP contribution in [0.25, 0.3) is 0 Å². The van der Waals surface area contributed by atoms with Crippen molar-refractivity contribution in [2.24, 2.45) is 11.8 Å². The first-order chi connectivity index (χ1) is 6.04. The van der Waals surface area contributed by atoms with Gasteiger partial charge in [0.2, 0.25) is 0 Å². The van der Waals surface area contributed by atoms with E-state index in [1.54, 1.807) is 0 Å². The average molecular weight is 188 g/mol. The fraction of sp³-hybridized carbons (Fsp3) is 1.00. The summed E-state index contributed by atoms with van der Waals surface area (Å²) >= 11 is 0. The van der Waals surface area contributed by atoms with Crippen molar-refractivity contribution in [2.45, 2.75) is 59.2 Å². The zero-order valence-corrected chi connectivity index (χ0v) is 9.33. The molecule has 0 aromatic rings. The van der Waals surface area contributed by atoms with Crippen LogP contribution >= 0.6 is 0 Å². The quantitative estimate of drug-likeness (QED) is 0.671. The lowest BCUT2D eigenvalue weighted by molar-refractivity contribution is -0.0348. The monoisotopic (exact) mass is 188 g/mol. The van der Waals surface area contributed by atoms with Gasteiger partial charge in [0.05, 0.1) is 12.2 Å². The minimum absolute atomic E-state index is 0.224. The fourth-order valence-corrected chi connectivity index (χ4v) is 1.86. The summed E-state index contributed by atoms with van der Waals surface area (Å²) in [4.78, 5) is 0. The van der Waals surface area contributed by atoms with Crippen molar-refractivity contribution in [3.05, 3.63) is 0 Å². The van der Waals surface area contributed by atoms with Crippen molar-refractivity contribution in [3.8, 4) is 0 Å². The largest absolute Gasteiger partial charge is 0.390 e. The van der Waals surface area contributed by atoms with Crippen molar-refractivity contribution in [1.29, 1.82) is 0 Å². The maximum atomic E-state index is 9.83. The van der Waals surface area contributed by atoms with Crippen LogP contribution in [0.4, 0.5) is 0 Å². The molecule has 0 saturated heterocycles. The molecule has 0 rings (SSSR count).